The van der Waals surface area contributed by atoms with Crippen LogP contribution in [0.25, 0.3) is 0 Å². The molecule has 3 nitrogen and oxygen atoms in total. The standard InChI is InChI=1S/C8H14N2O/c1-7(4-9)10-5-8(6-11)2-3-8/h7,10-11H,2-3,5-6H2,1H3. The normalized spacial score (nSPS) is 22.3. The van der Waals surface area contributed by atoms with Crippen LogP contribution in [0.2, 0.25) is 0 Å². The van der Waals surface area contributed by atoms with Crippen LogP contribution in [0.3, 0.4) is 0 Å². The van der Waals surface area contributed by atoms with Crippen LogP contribution in [0.15, 0.2) is 0 Å². The van der Waals surface area contributed by atoms with Gasteiger partial charge in [-0.05, 0) is 19.8 Å². The maximum Gasteiger partial charge on any atom is 0.0924 e. The summed E-state index contributed by atoms with van der Waals surface area (Å²) >= 11 is 0. The molecule has 1 aliphatic carbocycles. The molecule has 1 atom stereocenters. The topological polar surface area (TPSA) is 56.0 Å². The summed E-state index contributed by atoms with van der Waals surface area (Å²) in [5.41, 5.74) is 0.116. The molecule has 0 radical (unpaired) electrons. The van der Waals surface area contributed by atoms with E-state index in [4.69, 9.17) is 10.4 Å². The molecule has 0 aliphatic heterocycles. The van der Waals surface area contributed by atoms with Crippen molar-refractivity contribution in [2.24, 2.45) is 5.41 Å². The average Bonchev–Trinajstić information content (AvgIpc) is 2.81. The first-order valence-electron chi connectivity index (χ1n) is 3.96. The van der Waals surface area contributed by atoms with Gasteiger partial charge < -0.3 is 10.4 Å². The average molecular weight is 154 g/mol. The van der Waals surface area contributed by atoms with Crippen LogP contribution >= 0.6 is 0 Å². The van der Waals surface area contributed by atoms with Gasteiger partial charge in [-0.15, -0.1) is 0 Å². The zero-order chi connectivity index (χ0) is 8.32. The van der Waals surface area contributed by atoms with Crippen molar-refractivity contribution in [3.8, 4) is 6.07 Å². The highest BCUT2D eigenvalue weighted by molar-refractivity contribution is 4.97. The molecule has 1 saturated carbocycles. The number of hydrogen-bond donors (Lipinski definition) is 2. The van der Waals surface area contributed by atoms with E-state index in [9.17, 15) is 0 Å². The Kier molecular flexibility index (Phi) is 2.48. The molecule has 0 bridgehead atoms. The van der Waals surface area contributed by atoms with Gasteiger partial charge in [0, 0.05) is 18.6 Å². The number of nitrogens with one attached hydrogen (secondary N) is 1. The summed E-state index contributed by atoms with van der Waals surface area (Å²) in [6.45, 7) is 2.85. The molecular weight excluding hydrogens is 140 g/mol. The van der Waals surface area contributed by atoms with Crippen molar-refractivity contribution in [3.63, 3.8) is 0 Å². The summed E-state index contributed by atoms with van der Waals surface area (Å²) in [6, 6.07) is 2.00. The second-order valence-corrected chi connectivity index (χ2v) is 3.39. The molecule has 0 aromatic rings. The van der Waals surface area contributed by atoms with Crippen molar-refractivity contribution in [2.45, 2.75) is 25.8 Å². The molecule has 1 unspecified atom stereocenters. The lowest BCUT2D eigenvalue weighted by Gasteiger charge is -2.13. The van der Waals surface area contributed by atoms with Crippen LogP contribution < -0.4 is 5.32 Å². The monoisotopic (exact) mass is 154 g/mol. The van der Waals surface area contributed by atoms with Gasteiger partial charge in [-0.25, -0.2) is 0 Å². The molecule has 0 aromatic heterocycles. The molecule has 0 spiro atoms. The lowest BCUT2D eigenvalue weighted by Crippen LogP contribution is -2.32. The minimum absolute atomic E-state index is 0.0981. The van der Waals surface area contributed by atoms with Crippen molar-refractivity contribution >= 4 is 0 Å². The third kappa shape index (κ3) is 2.18. The first kappa shape index (κ1) is 8.51. The highest BCUT2D eigenvalue weighted by Crippen LogP contribution is 2.44. The van der Waals surface area contributed by atoms with Gasteiger partial charge in [0.15, 0.2) is 0 Å². The third-order valence-electron chi connectivity index (χ3n) is 2.27. The van der Waals surface area contributed by atoms with Crippen LogP contribution in [-0.4, -0.2) is 24.3 Å². The minimum Gasteiger partial charge on any atom is -0.396 e. The summed E-state index contributed by atoms with van der Waals surface area (Å²) in [4.78, 5) is 0. The van der Waals surface area contributed by atoms with Crippen LogP contribution in [0.4, 0.5) is 0 Å². The van der Waals surface area contributed by atoms with E-state index in [-0.39, 0.29) is 18.1 Å². The van der Waals surface area contributed by atoms with Gasteiger partial charge in [-0.1, -0.05) is 0 Å². The largest absolute Gasteiger partial charge is 0.396 e. The Bertz CT molecular complexity index is 169. The highest BCUT2D eigenvalue weighted by atomic mass is 16.3. The Labute approximate surface area is 67.0 Å². The first-order chi connectivity index (χ1) is 5.22. The van der Waals surface area contributed by atoms with Gasteiger partial charge >= 0.3 is 0 Å². The summed E-state index contributed by atoms with van der Waals surface area (Å²) in [7, 11) is 0. The Morgan fingerprint density at radius 1 is 1.73 bits per heavy atom. The molecule has 0 aromatic carbocycles. The molecule has 3 heteroatoms. The van der Waals surface area contributed by atoms with Gasteiger partial charge in [0.2, 0.25) is 0 Å². The molecule has 62 valence electrons. The second kappa shape index (κ2) is 3.21. The summed E-state index contributed by atoms with van der Waals surface area (Å²) in [5.74, 6) is 0. The summed E-state index contributed by atoms with van der Waals surface area (Å²) in [6.07, 6.45) is 2.18. The number of aliphatic hydroxyl groups excluding tert-OH is 1. The SMILES string of the molecule is CC(C#N)NCC1(CO)CC1. The Hall–Kier alpha value is -0.590. The lowest BCUT2D eigenvalue weighted by atomic mass is 10.1. The van der Waals surface area contributed by atoms with Crippen LogP contribution in [0, 0.1) is 16.7 Å². The smallest absolute Gasteiger partial charge is 0.0924 e. The molecular formula is C8H14N2O. The summed E-state index contributed by atoms with van der Waals surface area (Å²) in [5, 5.41) is 20.4. The number of nitriles is 1. The van der Waals surface area contributed by atoms with E-state index in [1.54, 1.807) is 0 Å². The van der Waals surface area contributed by atoms with Crippen molar-refractivity contribution in [3.05, 3.63) is 0 Å². The molecule has 0 heterocycles. The van der Waals surface area contributed by atoms with Crippen molar-refractivity contribution in [2.75, 3.05) is 13.2 Å². The van der Waals surface area contributed by atoms with Crippen molar-refractivity contribution in [1.82, 2.24) is 5.32 Å². The molecule has 1 aliphatic rings. The molecule has 0 amide bonds. The van der Waals surface area contributed by atoms with E-state index in [1.807, 2.05) is 6.92 Å². The fourth-order valence-electron chi connectivity index (χ4n) is 0.983. The van der Waals surface area contributed by atoms with Crippen LogP contribution in [-0.2, 0) is 0 Å². The predicted octanol–water partition coefficient (Wildman–Crippen LogP) is 0.261. The van der Waals surface area contributed by atoms with E-state index in [0.717, 1.165) is 19.4 Å². The van der Waals surface area contributed by atoms with Gasteiger partial charge in [0.1, 0.15) is 0 Å². The Morgan fingerprint density at radius 2 is 2.36 bits per heavy atom. The van der Waals surface area contributed by atoms with Crippen LogP contribution in [0.5, 0.6) is 0 Å². The number of rotatable bonds is 4. The van der Waals surface area contributed by atoms with Crippen molar-refractivity contribution < 1.29 is 5.11 Å². The van der Waals surface area contributed by atoms with Crippen molar-refractivity contribution in [1.29, 1.82) is 5.26 Å². The van der Waals surface area contributed by atoms with E-state index in [0.29, 0.717) is 0 Å². The molecule has 11 heavy (non-hydrogen) atoms. The molecule has 0 saturated heterocycles. The predicted molar refractivity (Wildman–Crippen MR) is 41.8 cm³/mol. The third-order valence-corrected chi connectivity index (χ3v) is 2.27. The minimum atomic E-state index is -0.0981. The first-order valence-corrected chi connectivity index (χ1v) is 3.96. The second-order valence-electron chi connectivity index (χ2n) is 3.39. The van der Waals surface area contributed by atoms with E-state index in [1.165, 1.54) is 0 Å². The maximum absolute atomic E-state index is 8.92. The highest BCUT2D eigenvalue weighted by Gasteiger charge is 2.41. The number of hydrogen-bond acceptors (Lipinski definition) is 3. The van der Waals surface area contributed by atoms with E-state index >= 15 is 0 Å². The lowest BCUT2D eigenvalue weighted by molar-refractivity contribution is 0.206. The zero-order valence-electron chi connectivity index (χ0n) is 6.80. The fraction of sp³-hybridized carbons (Fsp3) is 0.875. The summed E-state index contributed by atoms with van der Waals surface area (Å²) < 4.78 is 0. The van der Waals surface area contributed by atoms with Gasteiger partial charge in [-0.3, -0.25) is 0 Å². The number of nitrogens with zero attached hydrogens (tertiary/aromatic N) is 1. The Balaban J connectivity index is 2.18. The van der Waals surface area contributed by atoms with Gasteiger partial charge in [-0.2, -0.15) is 5.26 Å². The van der Waals surface area contributed by atoms with Gasteiger partial charge in [0.05, 0.1) is 12.1 Å². The molecule has 1 rings (SSSR count). The Morgan fingerprint density at radius 3 is 2.73 bits per heavy atom. The van der Waals surface area contributed by atoms with E-state index in [2.05, 4.69) is 11.4 Å². The zero-order valence-corrected chi connectivity index (χ0v) is 6.80. The van der Waals surface area contributed by atoms with E-state index < -0.39 is 0 Å². The molecule has 1 fully saturated rings. The molecule has 2 N–H and O–H groups in total. The van der Waals surface area contributed by atoms with Crippen LogP contribution in [0.1, 0.15) is 19.8 Å². The maximum atomic E-state index is 8.92. The number of aliphatic hydroxyl groups is 1. The fourth-order valence-corrected chi connectivity index (χ4v) is 0.983. The van der Waals surface area contributed by atoms with Gasteiger partial charge in [0.25, 0.3) is 0 Å². The quantitative estimate of drug-likeness (QED) is 0.610.